The van der Waals surface area contributed by atoms with Crippen LogP contribution in [0.5, 0.6) is 5.75 Å². The van der Waals surface area contributed by atoms with Gasteiger partial charge in [0, 0.05) is 25.7 Å². The van der Waals surface area contributed by atoms with Crippen LogP contribution in [-0.2, 0) is 0 Å². The smallest absolute Gasteiger partial charge is 0.122 e. The van der Waals surface area contributed by atoms with E-state index in [0.29, 0.717) is 6.04 Å². The fourth-order valence-corrected chi connectivity index (χ4v) is 2.67. The van der Waals surface area contributed by atoms with Crippen LogP contribution in [0.25, 0.3) is 0 Å². The third-order valence-electron chi connectivity index (χ3n) is 3.72. The Balaban J connectivity index is 2.42. The van der Waals surface area contributed by atoms with Crippen LogP contribution in [0.15, 0.2) is 6.07 Å². The molecule has 1 atom stereocenters. The summed E-state index contributed by atoms with van der Waals surface area (Å²) in [6, 6.07) is 2.57. The topological polar surface area (TPSA) is 33.3 Å². The highest BCUT2D eigenvalue weighted by Crippen LogP contribution is 2.31. The van der Waals surface area contributed by atoms with Gasteiger partial charge in [-0.1, -0.05) is 0 Å². The molecule has 2 N–H and O–H groups in total. The average molecular weight is 234 g/mol. The minimum atomic E-state index is 0.424. The number of ether oxygens (including phenoxy) is 1. The van der Waals surface area contributed by atoms with E-state index < -0.39 is 0 Å². The molecule has 1 fully saturated rings. The zero-order valence-corrected chi connectivity index (χ0v) is 11.2. The molecule has 0 bridgehead atoms. The molecule has 1 heterocycles. The van der Waals surface area contributed by atoms with Gasteiger partial charge < -0.3 is 15.4 Å². The van der Waals surface area contributed by atoms with Crippen molar-refractivity contribution in [1.29, 1.82) is 0 Å². The van der Waals surface area contributed by atoms with E-state index >= 15 is 0 Å². The lowest BCUT2D eigenvalue weighted by atomic mass is 9.91. The van der Waals surface area contributed by atoms with E-state index in [2.05, 4.69) is 37.5 Å². The van der Waals surface area contributed by atoms with Crippen molar-refractivity contribution >= 4 is 0 Å². The summed E-state index contributed by atoms with van der Waals surface area (Å²) in [7, 11) is 1.74. The van der Waals surface area contributed by atoms with E-state index in [-0.39, 0.29) is 0 Å². The molecule has 0 aromatic heterocycles. The Kier molecular flexibility index (Phi) is 3.69. The van der Waals surface area contributed by atoms with Crippen LogP contribution >= 0.6 is 0 Å². The molecule has 3 nitrogen and oxygen atoms in total. The summed E-state index contributed by atoms with van der Waals surface area (Å²) in [6.07, 6.45) is 0. The van der Waals surface area contributed by atoms with Gasteiger partial charge in [0.15, 0.2) is 0 Å². The molecule has 1 aromatic rings. The maximum atomic E-state index is 5.41. The van der Waals surface area contributed by atoms with Gasteiger partial charge in [-0.25, -0.2) is 0 Å². The van der Waals surface area contributed by atoms with Gasteiger partial charge in [0.1, 0.15) is 5.75 Å². The molecular formula is C14H22N2O. The van der Waals surface area contributed by atoms with Crippen LogP contribution in [0.2, 0.25) is 0 Å². The Bertz CT molecular complexity index is 409. The Hall–Kier alpha value is -1.06. The van der Waals surface area contributed by atoms with E-state index in [4.69, 9.17) is 4.74 Å². The first-order valence-corrected chi connectivity index (χ1v) is 6.24. The highest BCUT2D eigenvalue weighted by atomic mass is 16.5. The third-order valence-corrected chi connectivity index (χ3v) is 3.72. The van der Waals surface area contributed by atoms with Gasteiger partial charge in [-0.15, -0.1) is 0 Å². The van der Waals surface area contributed by atoms with Gasteiger partial charge in [-0.05, 0) is 49.1 Å². The van der Waals surface area contributed by atoms with E-state index in [0.717, 1.165) is 25.4 Å². The molecule has 17 heavy (non-hydrogen) atoms. The summed E-state index contributed by atoms with van der Waals surface area (Å²) < 4.78 is 5.41. The van der Waals surface area contributed by atoms with Crippen LogP contribution in [0.3, 0.4) is 0 Å². The molecule has 0 radical (unpaired) electrons. The molecule has 0 saturated carbocycles. The Morgan fingerprint density at radius 3 is 2.53 bits per heavy atom. The van der Waals surface area contributed by atoms with Crippen LogP contribution in [0.1, 0.15) is 28.3 Å². The summed E-state index contributed by atoms with van der Waals surface area (Å²) in [5.74, 6) is 0.993. The van der Waals surface area contributed by atoms with Crippen LogP contribution in [0, 0.1) is 20.8 Å². The lowest BCUT2D eigenvalue weighted by molar-refractivity contribution is 0.407. The summed E-state index contributed by atoms with van der Waals surface area (Å²) in [4.78, 5) is 0. The summed E-state index contributed by atoms with van der Waals surface area (Å²) in [5, 5.41) is 7.02. The number of hydrogen-bond acceptors (Lipinski definition) is 3. The highest BCUT2D eigenvalue weighted by molar-refractivity contribution is 5.49. The number of benzene rings is 1. The second-order valence-electron chi connectivity index (χ2n) is 4.77. The molecule has 1 unspecified atom stereocenters. The summed E-state index contributed by atoms with van der Waals surface area (Å²) >= 11 is 0. The fourth-order valence-electron chi connectivity index (χ4n) is 2.67. The van der Waals surface area contributed by atoms with Crippen molar-refractivity contribution in [3.8, 4) is 5.75 Å². The largest absolute Gasteiger partial charge is 0.496 e. The molecular weight excluding hydrogens is 212 g/mol. The number of nitrogens with one attached hydrogen (secondary N) is 2. The van der Waals surface area contributed by atoms with Gasteiger partial charge in [0.05, 0.1) is 7.11 Å². The second kappa shape index (κ2) is 5.07. The van der Waals surface area contributed by atoms with Crippen molar-refractivity contribution in [3.05, 3.63) is 28.3 Å². The van der Waals surface area contributed by atoms with E-state index in [1.807, 2.05) is 0 Å². The number of hydrogen-bond donors (Lipinski definition) is 2. The molecule has 0 amide bonds. The molecule has 1 aromatic carbocycles. The molecule has 2 rings (SSSR count). The monoisotopic (exact) mass is 234 g/mol. The van der Waals surface area contributed by atoms with Crippen molar-refractivity contribution in [2.45, 2.75) is 26.8 Å². The predicted molar refractivity (Wildman–Crippen MR) is 70.8 cm³/mol. The van der Waals surface area contributed by atoms with Crippen LogP contribution in [0.4, 0.5) is 0 Å². The van der Waals surface area contributed by atoms with Crippen molar-refractivity contribution < 1.29 is 4.74 Å². The van der Waals surface area contributed by atoms with Crippen LogP contribution in [-0.4, -0.2) is 26.7 Å². The summed E-state index contributed by atoms with van der Waals surface area (Å²) in [5.41, 5.74) is 5.34. The molecule has 1 aliphatic heterocycles. The molecule has 0 aliphatic carbocycles. The number of rotatable bonds is 2. The SMILES string of the molecule is COc1cc(C)c(C2CNCCN2)c(C)c1C. The van der Waals surface area contributed by atoms with Crippen molar-refractivity contribution in [1.82, 2.24) is 10.6 Å². The summed E-state index contributed by atoms with van der Waals surface area (Å²) in [6.45, 7) is 9.59. The van der Waals surface area contributed by atoms with E-state index in [1.165, 1.54) is 22.3 Å². The number of aryl methyl sites for hydroxylation is 1. The lowest BCUT2D eigenvalue weighted by Crippen LogP contribution is -2.43. The molecule has 94 valence electrons. The maximum absolute atomic E-state index is 5.41. The lowest BCUT2D eigenvalue weighted by Gasteiger charge is -2.28. The molecule has 1 saturated heterocycles. The standard InChI is InChI=1S/C14H22N2O/c1-9-7-13(17-4)10(2)11(3)14(9)12-8-15-5-6-16-12/h7,12,15-16H,5-6,8H2,1-4H3. The van der Waals surface area contributed by atoms with Crippen molar-refractivity contribution in [2.24, 2.45) is 0 Å². The van der Waals surface area contributed by atoms with Crippen molar-refractivity contribution in [3.63, 3.8) is 0 Å². The molecule has 3 heteroatoms. The number of methoxy groups -OCH3 is 1. The quantitative estimate of drug-likeness (QED) is 0.819. The highest BCUT2D eigenvalue weighted by Gasteiger charge is 2.20. The van der Waals surface area contributed by atoms with Gasteiger partial charge in [-0.3, -0.25) is 0 Å². The first-order chi connectivity index (χ1) is 8.15. The van der Waals surface area contributed by atoms with Gasteiger partial charge in [0.25, 0.3) is 0 Å². The number of piperazine rings is 1. The normalized spacial score (nSPS) is 20.4. The zero-order valence-electron chi connectivity index (χ0n) is 11.2. The van der Waals surface area contributed by atoms with E-state index in [1.54, 1.807) is 7.11 Å². The minimum absolute atomic E-state index is 0.424. The Morgan fingerprint density at radius 2 is 1.94 bits per heavy atom. The third kappa shape index (κ3) is 2.31. The minimum Gasteiger partial charge on any atom is -0.496 e. The zero-order chi connectivity index (χ0) is 12.4. The second-order valence-corrected chi connectivity index (χ2v) is 4.77. The van der Waals surface area contributed by atoms with Gasteiger partial charge in [-0.2, -0.15) is 0 Å². The first kappa shape index (κ1) is 12.4. The molecule has 0 spiro atoms. The maximum Gasteiger partial charge on any atom is 0.122 e. The van der Waals surface area contributed by atoms with Crippen molar-refractivity contribution in [2.75, 3.05) is 26.7 Å². The molecule has 1 aliphatic rings. The van der Waals surface area contributed by atoms with Crippen LogP contribution < -0.4 is 15.4 Å². The average Bonchev–Trinajstić information content (AvgIpc) is 2.35. The van der Waals surface area contributed by atoms with Gasteiger partial charge >= 0.3 is 0 Å². The predicted octanol–water partition coefficient (Wildman–Crippen LogP) is 1.85. The Morgan fingerprint density at radius 1 is 1.18 bits per heavy atom. The first-order valence-electron chi connectivity index (χ1n) is 6.24. The van der Waals surface area contributed by atoms with E-state index in [9.17, 15) is 0 Å². The van der Waals surface area contributed by atoms with Gasteiger partial charge in [0.2, 0.25) is 0 Å². The fraction of sp³-hybridized carbons (Fsp3) is 0.571. The Labute approximate surface area is 104 Å².